The molecule has 0 bridgehead atoms. The molecule has 0 saturated heterocycles. The van der Waals surface area contributed by atoms with Crippen LogP contribution in [-0.4, -0.2) is 32.3 Å². The number of carbonyl (C=O) groups excluding carboxylic acids is 2. The molecule has 2 amide bonds. The lowest BCUT2D eigenvalue weighted by Gasteiger charge is -2.22. The minimum atomic E-state index is -0.359. The Morgan fingerprint density at radius 3 is 2.56 bits per heavy atom. The van der Waals surface area contributed by atoms with E-state index in [1.54, 1.807) is 12.1 Å². The summed E-state index contributed by atoms with van der Waals surface area (Å²) in [6.07, 6.45) is 1.75. The van der Waals surface area contributed by atoms with Gasteiger partial charge in [0.2, 0.25) is 5.91 Å². The molecule has 3 aromatic rings. The molecule has 2 N–H and O–H groups in total. The van der Waals surface area contributed by atoms with Crippen LogP contribution < -0.4 is 10.6 Å². The number of hydrogen-bond donors (Lipinski definition) is 2. The Hall–Kier alpha value is -2.91. The predicted molar refractivity (Wildman–Crippen MR) is 149 cm³/mol. The van der Waals surface area contributed by atoms with Crippen LogP contribution in [0.5, 0.6) is 0 Å². The second kappa shape index (κ2) is 12.4. The summed E-state index contributed by atoms with van der Waals surface area (Å²) in [6.45, 7) is 14.3. The molecule has 0 aliphatic rings. The maximum Gasteiger partial charge on any atom is 0.251 e. The van der Waals surface area contributed by atoms with E-state index in [-0.39, 0.29) is 29.5 Å². The zero-order chi connectivity index (χ0) is 26.4. The van der Waals surface area contributed by atoms with Gasteiger partial charge in [-0.25, -0.2) is 0 Å². The van der Waals surface area contributed by atoms with Crippen LogP contribution in [0.3, 0.4) is 0 Å². The number of benzene rings is 2. The van der Waals surface area contributed by atoms with Crippen molar-refractivity contribution >= 4 is 45.2 Å². The highest BCUT2D eigenvalue weighted by Crippen LogP contribution is 2.28. The van der Waals surface area contributed by atoms with Crippen molar-refractivity contribution in [2.75, 3.05) is 11.1 Å². The van der Waals surface area contributed by atoms with Gasteiger partial charge in [-0.05, 0) is 62.1 Å². The lowest BCUT2D eigenvalue weighted by Crippen LogP contribution is -2.34. The number of rotatable bonds is 10. The number of aromatic nitrogens is 3. The first-order valence-corrected chi connectivity index (χ1v) is 13.5. The smallest absolute Gasteiger partial charge is 0.251 e. The normalized spacial score (nSPS) is 11.9. The molecule has 0 aliphatic heterocycles. The first kappa shape index (κ1) is 27.7. The molecule has 7 nitrogen and oxygen atoms in total. The number of nitrogens with zero attached hydrogens (tertiary/aromatic N) is 3. The Morgan fingerprint density at radius 2 is 1.89 bits per heavy atom. The third kappa shape index (κ3) is 6.64. The Bertz CT molecular complexity index is 1270. The molecule has 1 heterocycles. The Labute approximate surface area is 225 Å². The van der Waals surface area contributed by atoms with Crippen LogP contribution in [0.25, 0.3) is 0 Å². The average molecular weight is 571 g/mol. The number of allylic oxidation sites excluding steroid dienone is 1. The molecule has 0 fully saturated rings. The molecule has 2 aromatic carbocycles. The molecular weight excluding hydrogens is 538 g/mol. The molecule has 0 unspecified atom stereocenters. The van der Waals surface area contributed by atoms with Crippen LogP contribution in [0.4, 0.5) is 5.69 Å². The summed E-state index contributed by atoms with van der Waals surface area (Å²) in [7, 11) is 0. The maximum absolute atomic E-state index is 13.0. The van der Waals surface area contributed by atoms with Crippen LogP contribution in [0.1, 0.15) is 52.8 Å². The van der Waals surface area contributed by atoms with Crippen molar-refractivity contribution in [1.29, 1.82) is 0 Å². The van der Waals surface area contributed by atoms with Gasteiger partial charge in [-0.1, -0.05) is 65.3 Å². The van der Waals surface area contributed by atoms with E-state index < -0.39 is 0 Å². The second-order valence-corrected chi connectivity index (χ2v) is 10.8. The standard InChI is InChI=1S/C27H32BrN5O2S/c1-7-13-33-25(24(16(2)3)30-26(35)20-10-8-9-17(4)14-20)31-32-27(33)36-15-23(34)29-22-12-11-21(28)18(5)19(22)6/h7-12,14,16,24H,1,13,15H2,2-6H3,(H,29,34)(H,30,35)/t24-/m1/s1. The summed E-state index contributed by atoms with van der Waals surface area (Å²) in [4.78, 5) is 25.7. The van der Waals surface area contributed by atoms with Crippen molar-refractivity contribution in [3.05, 3.63) is 81.6 Å². The number of amides is 2. The predicted octanol–water partition coefficient (Wildman–Crippen LogP) is 6.01. The lowest BCUT2D eigenvalue weighted by atomic mass is 10.0. The van der Waals surface area contributed by atoms with Crippen molar-refractivity contribution in [3.8, 4) is 0 Å². The topological polar surface area (TPSA) is 88.9 Å². The van der Waals surface area contributed by atoms with E-state index >= 15 is 0 Å². The minimum absolute atomic E-state index is 0.0660. The van der Waals surface area contributed by atoms with Gasteiger partial charge in [0.15, 0.2) is 11.0 Å². The third-order valence-electron chi connectivity index (χ3n) is 5.90. The van der Waals surface area contributed by atoms with E-state index in [9.17, 15) is 9.59 Å². The summed E-state index contributed by atoms with van der Waals surface area (Å²) in [6, 6.07) is 10.9. The summed E-state index contributed by atoms with van der Waals surface area (Å²) in [5.74, 6) is 0.572. The van der Waals surface area contributed by atoms with Gasteiger partial charge in [0, 0.05) is 22.3 Å². The van der Waals surface area contributed by atoms with E-state index in [1.807, 2.05) is 69.5 Å². The molecule has 3 rings (SSSR count). The van der Waals surface area contributed by atoms with Gasteiger partial charge in [0.1, 0.15) is 0 Å². The second-order valence-electron chi connectivity index (χ2n) is 8.99. The molecule has 190 valence electrons. The molecule has 1 atom stereocenters. The molecule has 9 heteroatoms. The van der Waals surface area contributed by atoms with Gasteiger partial charge in [-0.15, -0.1) is 16.8 Å². The minimum Gasteiger partial charge on any atom is -0.342 e. The van der Waals surface area contributed by atoms with E-state index in [0.29, 0.717) is 23.1 Å². The highest BCUT2D eigenvalue weighted by molar-refractivity contribution is 9.10. The number of anilines is 1. The van der Waals surface area contributed by atoms with Crippen LogP contribution in [0, 0.1) is 26.7 Å². The first-order chi connectivity index (χ1) is 17.1. The van der Waals surface area contributed by atoms with Gasteiger partial charge in [0.05, 0.1) is 11.8 Å². The number of thioether (sulfide) groups is 1. The fourth-order valence-electron chi connectivity index (χ4n) is 3.72. The third-order valence-corrected chi connectivity index (χ3v) is 7.72. The van der Waals surface area contributed by atoms with Gasteiger partial charge in [0.25, 0.3) is 5.91 Å². The van der Waals surface area contributed by atoms with E-state index in [1.165, 1.54) is 11.8 Å². The highest BCUT2D eigenvalue weighted by Gasteiger charge is 2.26. The van der Waals surface area contributed by atoms with E-state index in [2.05, 4.69) is 43.3 Å². The van der Waals surface area contributed by atoms with E-state index in [4.69, 9.17) is 0 Å². The van der Waals surface area contributed by atoms with Crippen LogP contribution in [-0.2, 0) is 11.3 Å². The number of carbonyl (C=O) groups is 2. The summed E-state index contributed by atoms with van der Waals surface area (Å²) < 4.78 is 2.91. The largest absolute Gasteiger partial charge is 0.342 e. The lowest BCUT2D eigenvalue weighted by molar-refractivity contribution is -0.113. The molecular formula is C27H32BrN5O2S. The monoisotopic (exact) mass is 569 g/mol. The number of hydrogen-bond acceptors (Lipinski definition) is 5. The SMILES string of the molecule is C=CCn1c(SCC(=O)Nc2ccc(Br)c(C)c2C)nnc1[C@H](NC(=O)c1cccc(C)c1)C(C)C. The zero-order valence-corrected chi connectivity index (χ0v) is 23.7. The van der Waals surface area contributed by atoms with Crippen molar-refractivity contribution in [3.63, 3.8) is 0 Å². The molecule has 0 saturated carbocycles. The molecule has 0 aliphatic carbocycles. The van der Waals surface area contributed by atoms with Crippen molar-refractivity contribution < 1.29 is 9.59 Å². The summed E-state index contributed by atoms with van der Waals surface area (Å²) >= 11 is 4.82. The quantitative estimate of drug-likeness (QED) is 0.230. The number of halogens is 1. The summed E-state index contributed by atoms with van der Waals surface area (Å²) in [5.41, 5.74) is 4.50. The van der Waals surface area contributed by atoms with Crippen LogP contribution >= 0.6 is 27.7 Å². The fourth-order valence-corrected chi connectivity index (χ4v) is 4.90. The number of aryl methyl sites for hydroxylation is 1. The molecule has 1 aromatic heterocycles. The highest BCUT2D eigenvalue weighted by atomic mass is 79.9. The zero-order valence-electron chi connectivity index (χ0n) is 21.3. The molecule has 36 heavy (non-hydrogen) atoms. The maximum atomic E-state index is 13.0. The van der Waals surface area contributed by atoms with Crippen molar-refractivity contribution in [2.45, 2.75) is 52.4 Å². The molecule has 0 spiro atoms. The summed E-state index contributed by atoms with van der Waals surface area (Å²) in [5, 5.41) is 15.4. The van der Waals surface area contributed by atoms with Crippen molar-refractivity contribution in [2.24, 2.45) is 5.92 Å². The fraction of sp³-hybridized carbons (Fsp3) is 0.333. The van der Waals surface area contributed by atoms with Gasteiger partial charge in [-0.2, -0.15) is 0 Å². The Morgan fingerprint density at radius 1 is 1.14 bits per heavy atom. The van der Waals surface area contributed by atoms with E-state index in [0.717, 1.165) is 26.9 Å². The first-order valence-electron chi connectivity index (χ1n) is 11.7. The van der Waals surface area contributed by atoms with Gasteiger partial charge < -0.3 is 15.2 Å². The Kier molecular flexibility index (Phi) is 9.50. The average Bonchev–Trinajstić information content (AvgIpc) is 3.23. The number of nitrogens with one attached hydrogen (secondary N) is 2. The van der Waals surface area contributed by atoms with Gasteiger partial charge in [-0.3, -0.25) is 9.59 Å². The Balaban J connectivity index is 1.76. The van der Waals surface area contributed by atoms with Crippen LogP contribution in [0.15, 0.2) is 58.7 Å². The van der Waals surface area contributed by atoms with Crippen molar-refractivity contribution in [1.82, 2.24) is 20.1 Å². The van der Waals surface area contributed by atoms with Gasteiger partial charge >= 0.3 is 0 Å². The van der Waals surface area contributed by atoms with Crippen LogP contribution in [0.2, 0.25) is 0 Å². The molecule has 0 radical (unpaired) electrons.